The van der Waals surface area contributed by atoms with Gasteiger partial charge in [0.15, 0.2) is 0 Å². The molecular formula is C14H19BrN2O2. The van der Waals surface area contributed by atoms with Crippen LogP contribution in [0.1, 0.15) is 6.42 Å². The summed E-state index contributed by atoms with van der Waals surface area (Å²) in [5.41, 5.74) is 0. The van der Waals surface area contributed by atoms with Crippen LogP contribution in [0.15, 0.2) is 28.7 Å². The summed E-state index contributed by atoms with van der Waals surface area (Å²) in [4.78, 5) is 2.17. The molecule has 1 rings (SSSR count). The Morgan fingerprint density at radius 3 is 2.74 bits per heavy atom. The number of nitriles is 1. The molecule has 0 atom stereocenters. The third-order valence-electron chi connectivity index (χ3n) is 2.62. The van der Waals surface area contributed by atoms with Crippen molar-refractivity contribution in [2.45, 2.75) is 6.42 Å². The molecule has 1 aromatic rings. The Labute approximate surface area is 123 Å². The van der Waals surface area contributed by atoms with Crippen LogP contribution in [-0.4, -0.2) is 44.9 Å². The maximum atomic E-state index is 8.63. The molecule has 0 saturated heterocycles. The fourth-order valence-electron chi connectivity index (χ4n) is 1.61. The van der Waals surface area contributed by atoms with E-state index in [9.17, 15) is 0 Å². The van der Waals surface area contributed by atoms with Crippen molar-refractivity contribution in [3.63, 3.8) is 0 Å². The van der Waals surface area contributed by atoms with Crippen molar-refractivity contribution < 1.29 is 9.47 Å². The lowest BCUT2D eigenvalue weighted by Crippen LogP contribution is -2.32. The van der Waals surface area contributed by atoms with Gasteiger partial charge in [0.05, 0.1) is 12.7 Å². The smallest absolute Gasteiger partial charge is 0.120 e. The minimum atomic E-state index is 0.528. The molecule has 0 aromatic heterocycles. The first-order valence-corrected chi connectivity index (χ1v) is 7.02. The number of nitrogens with zero attached hydrogens (tertiary/aromatic N) is 2. The standard InChI is InChI=1S/C14H19BrN2O2/c1-18-10-8-17(7-3-6-16)9-11-19-14-5-2-4-13(15)12-14/h2,4-5,12H,3,7-11H2,1H3. The SMILES string of the molecule is COCCN(CCC#N)CCOc1cccc(Br)c1. The quantitative estimate of drug-likeness (QED) is 0.700. The van der Waals surface area contributed by atoms with E-state index >= 15 is 0 Å². The number of halogens is 1. The summed E-state index contributed by atoms with van der Waals surface area (Å²) in [5, 5.41) is 8.63. The minimum Gasteiger partial charge on any atom is -0.492 e. The van der Waals surface area contributed by atoms with Gasteiger partial charge < -0.3 is 9.47 Å². The van der Waals surface area contributed by atoms with Crippen molar-refractivity contribution in [1.82, 2.24) is 4.90 Å². The first kappa shape index (κ1) is 16.0. The summed E-state index contributed by atoms with van der Waals surface area (Å²) in [6.45, 7) is 3.63. The highest BCUT2D eigenvalue weighted by molar-refractivity contribution is 9.10. The van der Waals surface area contributed by atoms with Crippen molar-refractivity contribution in [2.24, 2.45) is 0 Å². The number of ether oxygens (including phenoxy) is 2. The highest BCUT2D eigenvalue weighted by Crippen LogP contribution is 2.17. The zero-order valence-corrected chi connectivity index (χ0v) is 12.7. The maximum absolute atomic E-state index is 8.63. The average Bonchev–Trinajstić information content (AvgIpc) is 2.41. The van der Waals surface area contributed by atoms with Crippen LogP contribution in [0.2, 0.25) is 0 Å². The molecule has 0 fully saturated rings. The van der Waals surface area contributed by atoms with Crippen LogP contribution in [-0.2, 0) is 4.74 Å². The van der Waals surface area contributed by atoms with Gasteiger partial charge in [-0.25, -0.2) is 0 Å². The van der Waals surface area contributed by atoms with Crippen LogP contribution in [0.3, 0.4) is 0 Å². The van der Waals surface area contributed by atoms with Crippen LogP contribution >= 0.6 is 15.9 Å². The van der Waals surface area contributed by atoms with Crippen LogP contribution in [0.25, 0.3) is 0 Å². The van der Waals surface area contributed by atoms with E-state index < -0.39 is 0 Å². The van der Waals surface area contributed by atoms with E-state index in [0.29, 0.717) is 19.6 Å². The van der Waals surface area contributed by atoms with Gasteiger partial charge in [-0.15, -0.1) is 0 Å². The van der Waals surface area contributed by atoms with E-state index in [1.54, 1.807) is 7.11 Å². The van der Waals surface area contributed by atoms with E-state index in [0.717, 1.165) is 29.9 Å². The lowest BCUT2D eigenvalue weighted by Gasteiger charge is -2.20. The number of methoxy groups -OCH3 is 1. The van der Waals surface area contributed by atoms with Gasteiger partial charge in [-0.05, 0) is 18.2 Å². The molecule has 0 unspecified atom stereocenters. The van der Waals surface area contributed by atoms with Crippen LogP contribution in [0.5, 0.6) is 5.75 Å². The third-order valence-corrected chi connectivity index (χ3v) is 3.12. The minimum absolute atomic E-state index is 0.528. The molecule has 0 heterocycles. The molecular weight excluding hydrogens is 308 g/mol. The van der Waals surface area contributed by atoms with Gasteiger partial charge in [-0.2, -0.15) is 5.26 Å². The Balaban J connectivity index is 2.32. The number of rotatable bonds is 9. The number of hydrogen-bond donors (Lipinski definition) is 0. The summed E-state index contributed by atoms with van der Waals surface area (Å²) in [6.07, 6.45) is 0.528. The Morgan fingerprint density at radius 1 is 1.26 bits per heavy atom. The zero-order valence-electron chi connectivity index (χ0n) is 11.1. The third kappa shape index (κ3) is 7.16. The van der Waals surface area contributed by atoms with E-state index in [2.05, 4.69) is 26.9 Å². The largest absolute Gasteiger partial charge is 0.492 e. The topological polar surface area (TPSA) is 45.5 Å². The Hall–Kier alpha value is -1.09. The Kier molecular flexibility index (Phi) is 8.23. The molecule has 0 spiro atoms. The van der Waals surface area contributed by atoms with Crippen LogP contribution in [0.4, 0.5) is 0 Å². The van der Waals surface area contributed by atoms with Gasteiger partial charge >= 0.3 is 0 Å². The molecule has 4 nitrogen and oxygen atoms in total. The molecule has 0 aliphatic carbocycles. The van der Waals surface area contributed by atoms with Gasteiger partial charge in [0.2, 0.25) is 0 Å². The van der Waals surface area contributed by atoms with E-state index in [-0.39, 0.29) is 0 Å². The molecule has 5 heteroatoms. The van der Waals surface area contributed by atoms with Crippen LogP contribution < -0.4 is 4.74 Å². The molecule has 0 amide bonds. The molecule has 0 radical (unpaired) electrons. The molecule has 104 valence electrons. The summed E-state index contributed by atoms with van der Waals surface area (Å²) < 4.78 is 11.7. The lowest BCUT2D eigenvalue weighted by molar-refractivity contribution is 0.136. The summed E-state index contributed by atoms with van der Waals surface area (Å²) >= 11 is 3.41. The van der Waals surface area contributed by atoms with E-state index in [1.165, 1.54) is 0 Å². The second-order valence-electron chi connectivity index (χ2n) is 4.05. The highest BCUT2D eigenvalue weighted by Gasteiger charge is 2.04. The molecule has 1 aromatic carbocycles. The molecule has 0 bridgehead atoms. The fraction of sp³-hybridized carbons (Fsp3) is 0.500. The van der Waals surface area contributed by atoms with Gasteiger partial charge in [0.1, 0.15) is 12.4 Å². The van der Waals surface area contributed by atoms with Crippen LogP contribution in [0, 0.1) is 11.3 Å². The van der Waals surface area contributed by atoms with Crippen molar-refractivity contribution in [2.75, 3.05) is 40.0 Å². The summed E-state index contributed by atoms with van der Waals surface area (Å²) in [5.74, 6) is 0.848. The second kappa shape index (κ2) is 9.79. The van der Waals surface area contributed by atoms with Crippen molar-refractivity contribution >= 4 is 15.9 Å². The maximum Gasteiger partial charge on any atom is 0.120 e. The lowest BCUT2D eigenvalue weighted by atomic mass is 10.3. The first-order chi connectivity index (χ1) is 9.26. The van der Waals surface area contributed by atoms with Crippen molar-refractivity contribution in [3.05, 3.63) is 28.7 Å². The van der Waals surface area contributed by atoms with Gasteiger partial charge in [0, 0.05) is 37.6 Å². The second-order valence-corrected chi connectivity index (χ2v) is 4.96. The fourth-order valence-corrected chi connectivity index (χ4v) is 1.99. The predicted molar refractivity (Wildman–Crippen MR) is 78.2 cm³/mol. The van der Waals surface area contributed by atoms with Gasteiger partial charge in [-0.3, -0.25) is 4.90 Å². The van der Waals surface area contributed by atoms with Gasteiger partial charge in [-0.1, -0.05) is 22.0 Å². The predicted octanol–water partition coefficient (Wildman–Crippen LogP) is 2.69. The molecule has 0 saturated carbocycles. The average molecular weight is 327 g/mol. The zero-order chi connectivity index (χ0) is 13.9. The van der Waals surface area contributed by atoms with Crippen molar-refractivity contribution in [1.29, 1.82) is 5.26 Å². The molecule has 19 heavy (non-hydrogen) atoms. The normalized spacial score (nSPS) is 10.4. The summed E-state index contributed by atoms with van der Waals surface area (Å²) in [7, 11) is 1.68. The molecule has 0 N–H and O–H groups in total. The number of benzene rings is 1. The molecule has 0 aliphatic rings. The Morgan fingerprint density at radius 2 is 2.05 bits per heavy atom. The van der Waals surface area contributed by atoms with E-state index in [4.69, 9.17) is 14.7 Å². The molecule has 0 aliphatic heterocycles. The van der Waals surface area contributed by atoms with Crippen molar-refractivity contribution in [3.8, 4) is 11.8 Å². The number of hydrogen-bond acceptors (Lipinski definition) is 4. The van der Waals surface area contributed by atoms with Gasteiger partial charge in [0.25, 0.3) is 0 Å². The summed E-state index contributed by atoms with van der Waals surface area (Å²) in [6, 6.07) is 9.94. The Bertz CT molecular complexity index is 407. The highest BCUT2D eigenvalue weighted by atomic mass is 79.9. The first-order valence-electron chi connectivity index (χ1n) is 6.23. The van der Waals surface area contributed by atoms with E-state index in [1.807, 2.05) is 24.3 Å². The monoisotopic (exact) mass is 326 g/mol.